The summed E-state index contributed by atoms with van der Waals surface area (Å²) in [5, 5.41) is 12.0. The number of amides is 1. The van der Waals surface area contributed by atoms with Gasteiger partial charge in [0.25, 0.3) is 0 Å². The third kappa shape index (κ3) is 6.30. The number of carbonyl (C=O) groups excluding carboxylic acids is 1. The summed E-state index contributed by atoms with van der Waals surface area (Å²) in [4.78, 5) is 23.6. The zero-order chi connectivity index (χ0) is 20.5. The molecule has 1 amide bonds. The quantitative estimate of drug-likeness (QED) is 0.585. The average molecular weight is 389 g/mol. The van der Waals surface area contributed by atoms with Crippen LogP contribution in [0.4, 0.5) is 0 Å². The standard InChI is InChI=1S/C24H23NO4/c26-23(17-29-16-19-7-3-1-4-8-19)25-22(24(27)28)15-18-11-13-21(14-12-18)20-9-5-2-6-10-20/h1-14,22H,15-17H2,(H,25,26)(H,27,28)/t22-/m0/s1. The second-order valence-corrected chi connectivity index (χ2v) is 6.70. The van der Waals surface area contributed by atoms with E-state index in [0.717, 1.165) is 22.3 Å². The number of carboxylic acid groups (broad SMARTS) is 1. The van der Waals surface area contributed by atoms with Crippen LogP contribution < -0.4 is 5.32 Å². The Morgan fingerprint density at radius 2 is 1.38 bits per heavy atom. The van der Waals surface area contributed by atoms with Crippen molar-refractivity contribution in [2.24, 2.45) is 0 Å². The van der Waals surface area contributed by atoms with Crippen LogP contribution in [0.3, 0.4) is 0 Å². The summed E-state index contributed by atoms with van der Waals surface area (Å²) in [7, 11) is 0. The van der Waals surface area contributed by atoms with E-state index in [-0.39, 0.29) is 13.0 Å². The lowest BCUT2D eigenvalue weighted by Crippen LogP contribution is -2.43. The SMILES string of the molecule is O=C(COCc1ccccc1)N[C@@H](Cc1ccc(-c2ccccc2)cc1)C(=O)O. The van der Waals surface area contributed by atoms with Crippen LogP contribution in [0, 0.1) is 0 Å². The van der Waals surface area contributed by atoms with E-state index < -0.39 is 17.9 Å². The molecule has 1 atom stereocenters. The van der Waals surface area contributed by atoms with E-state index in [2.05, 4.69) is 5.32 Å². The predicted molar refractivity (Wildman–Crippen MR) is 111 cm³/mol. The van der Waals surface area contributed by atoms with Gasteiger partial charge in [-0.3, -0.25) is 4.79 Å². The number of ether oxygens (including phenoxy) is 1. The van der Waals surface area contributed by atoms with Crippen molar-refractivity contribution in [2.45, 2.75) is 19.1 Å². The molecule has 3 aromatic carbocycles. The molecule has 0 saturated carbocycles. The molecule has 2 N–H and O–H groups in total. The molecule has 5 nitrogen and oxygen atoms in total. The van der Waals surface area contributed by atoms with Crippen molar-refractivity contribution in [2.75, 3.05) is 6.61 Å². The number of benzene rings is 3. The maximum atomic E-state index is 12.1. The van der Waals surface area contributed by atoms with Crippen molar-refractivity contribution in [1.29, 1.82) is 0 Å². The lowest BCUT2D eigenvalue weighted by Gasteiger charge is -2.15. The normalized spacial score (nSPS) is 11.6. The molecule has 0 heterocycles. The molecule has 29 heavy (non-hydrogen) atoms. The van der Waals surface area contributed by atoms with Crippen molar-refractivity contribution in [3.63, 3.8) is 0 Å². The van der Waals surface area contributed by atoms with Gasteiger partial charge >= 0.3 is 5.97 Å². The number of hydrogen-bond acceptors (Lipinski definition) is 3. The molecule has 0 aromatic heterocycles. The summed E-state index contributed by atoms with van der Waals surface area (Å²) in [5.74, 6) is -1.53. The molecule has 0 aliphatic heterocycles. The molecular formula is C24H23NO4. The van der Waals surface area contributed by atoms with Gasteiger partial charge in [0.15, 0.2) is 0 Å². The van der Waals surface area contributed by atoms with Gasteiger partial charge in [-0.25, -0.2) is 4.79 Å². The van der Waals surface area contributed by atoms with E-state index in [4.69, 9.17) is 4.74 Å². The van der Waals surface area contributed by atoms with Gasteiger partial charge in [-0.05, 0) is 22.3 Å². The first-order chi connectivity index (χ1) is 14.1. The average Bonchev–Trinajstić information content (AvgIpc) is 2.75. The van der Waals surface area contributed by atoms with Crippen molar-refractivity contribution in [1.82, 2.24) is 5.32 Å². The lowest BCUT2D eigenvalue weighted by molar-refractivity contribution is -0.142. The molecule has 0 radical (unpaired) electrons. The van der Waals surface area contributed by atoms with Crippen LogP contribution in [0.1, 0.15) is 11.1 Å². The van der Waals surface area contributed by atoms with Crippen molar-refractivity contribution in [3.05, 3.63) is 96.1 Å². The van der Waals surface area contributed by atoms with E-state index in [1.807, 2.05) is 84.9 Å². The summed E-state index contributed by atoms with van der Waals surface area (Å²) in [6.07, 6.45) is 0.203. The van der Waals surface area contributed by atoms with Gasteiger partial charge in [0.2, 0.25) is 5.91 Å². The molecule has 0 saturated heterocycles. The van der Waals surface area contributed by atoms with Crippen LogP contribution in [0.25, 0.3) is 11.1 Å². The highest BCUT2D eigenvalue weighted by Gasteiger charge is 2.20. The van der Waals surface area contributed by atoms with Gasteiger partial charge in [0.05, 0.1) is 6.61 Å². The number of nitrogens with one attached hydrogen (secondary N) is 1. The third-order valence-corrected chi connectivity index (χ3v) is 4.48. The number of carboxylic acids is 1. The van der Waals surface area contributed by atoms with Crippen molar-refractivity contribution >= 4 is 11.9 Å². The van der Waals surface area contributed by atoms with Crippen LogP contribution in [0.15, 0.2) is 84.9 Å². The fourth-order valence-corrected chi connectivity index (χ4v) is 2.97. The van der Waals surface area contributed by atoms with Gasteiger partial charge in [-0.1, -0.05) is 84.9 Å². The number of rotatable bonds is 9. The van der Waals surface area contributed by atoms with E-state index in [0.29, 0.717) is 6.61 Å². The molecule has 0 spiro atoms. The maximum absolute atomic E-state index is 12.1. The van der Waals surface area contributed by atoms with E-state index >= 15 is 0 Å². The minimum absolute atomic E-state index is 0.189. The topological polar surface area (TPSA) is 75.6 Å². The summed E-state index contributed by atoms with van der Waals surface area (Å²) in [6, 6.07) is 26.1. The largest absolute Gasteiger partial charge is 0.480 e. The molecule has 0 unspecified atom stereocenters. The van der Waals surface area contributed by atoms with Gasteiger partial charge in [0, 0.05) is 6.42 Å². The van der Waals surface area contributed by atoms with Gasteiger partial charge in [-0.2, -0.15) is 0 Å². The van der Waals surface area contributed by atoms with Crippen LogP contribution in [0.2, 0.25) is 0 Å². The second kappa shape index (κ2) is 10.2. The highest BCUT2D eigenvalue weighted by molar-refractivity contribution is 5.84. The van der Waals surface area contributed by atoms with Crippen molar-refractivity contribution in [3.8, 4) is 11.1 Å². The van der Waals surface area contributed by atoms with Crippen LogP contribution >= 0.6 is 0 Å². The van der Waals surface area contributed by atoms with Crippen molar-refractivity contribution < 1.29 is 19.4 Å². The molecule has 0 bridgehead atoms. The van der Waals surface area contributed by atoms with Gasteiger partial charge < -0.3 is 15.2 Å². The Hall–Kier alpha value is -3.44. The Morgan fingerprint density at radius 3 is 2.00 bits per heavy atom. The Labute approximate surface area is 170 Å². The summed E-state index contributed by atoms with van der Waals surface area (Å²) < 4.78 is 5.37. The highest BCUT2D eigenvalue weighted by Crippen LogP contribution is 2.19. The number of hydrogen-bond donors (Lipinski definition) is 2. The van der Waals surface area contributed by atoms with Crippen LogP contribution in [0.5, 0.6) is 0 Å². The summed E-state index contributed by atoms with van der Waals surface area (Å²) in [5.41, 5.74) is 3.94. The molecule has 0 fully saturated rings. The van der Waals surface area contributed by atoms with Gasteiger partial charge in [0.1, 0.15) is 12.6 Å². The zero-order valence-corrected chi connectivity index (χ0v) is 16.0. The monoisotopic (exact) mass is 389 g/mol. The summed E-state index contributed by atoms with van der Waals surface area (Å²) in [6.45, 7) is 0.110. The first-order valence-corrected chi connectivity index (χ1v) is 9.40. The number of carbonyl (C=O) groups is 2. The molecule has 148 valence electrons. The van der Waals surface area contributed by atoms with E-state index in [1.165, 1.54) is 0 Å². The fraction of sp³-hybridized carbons (Fsp3) is 0.167. The molecule has 0 aliphatic carbocycles. The minimum Gasteiger partial charge on any atom is -0.480 e. The van der Waals surface area contributed by atoms with E-state index in [1.54, 1.807) is 0 Å². The Balaban J connectivity index is 1.53. The maximum Gasteiger partial charge on any atom is 0.326 e. The first-order valence-electron chi connectivity index (χ1n) is 9.40. The first kappa shape index (κ1) is 20.3. The Morgan fingerprint density at radius 1 is 0.793 bits per heavy atom. The smallest absolute Gasteiger partial charge is 0.326 e. The van der Waals surface area contributed by atoms with E-state index in [9.17, 15) is 14.7 Å². The van der Waals surface area contributed by atoms with Gasteiger partial charge in [-0.15, -0.1) is 0 Å². The van der Waals surface area contributed by atoms with Crippen LogP contribution in [-0.4, -0.2) is 29.6 Å². The highest BCUT2D eigenvalue weighted by atomic mass is 16.5. The zero-order valence-electron chi connectivity index (χ0n) is 16.0. The summed E-state index contributed by atoms with van der Waals surface area (Å²) >= 11 is 0. The second-order valence-electron chi connectivity index (χ2n) is 6.70. The molecule has 0 aliphatic rings. The molecular weight excluding hydrogens is 366 g/mol. The Bertz CT molecular complexity index is 924. The molecule has 3 aromatic rings. The third-order valence-electron chi connectivity index (χ3n) is 4.48. The predicted octanol–water partition coefficient (Wildman–Crippen LogP) is 3.68. The lowest BCUT2D eigenvalue weighted by atomic mass is 10.0. The minimum atomic E-state index is -1.08. The number of aliphatic carboxylic acids is 1. The Kier molecular flexibility index (Phi) is 7.14. The molecule has 5 heteroatoms. The fourth-order valence-electron chi connectivity index (χ4n) is 2.97. The molecule has 3 rings (SSSR count). The van der Waals surface area contributed by atoms with Crippen LogP contribution in [-0.2, 0) is 27.4 Å².